The minimum atomic E-state index is 0.339. The maximum absolute atomic E-state index is 8.78. The summed E-state index contributed by atoms with van der Waals surface area (Å²) in [6, 6.07) is 10.3. The summed E-state index contributed by atoms with van der Waals surface area (Å²) in [5.41, 5.74) is 3.43. The second-order valence-electron chi connectivity index (χ2n) is 4.91. The number of benzene rings is 1. The topological polar surface area (TPSA) is 60.1 Å². The summed E-state index contributed by atoms with van der Waals surface area (Å²) in [6.45, 7) is 7.21. The molecule has 1 aromatic carbocycles. The Morgan fingerprint density at radius 2 is 1.90 bits per heavy atom. The van der Waals surface area contributed by atoms with Crippen LogP contribution < -0.4 is 5.06 Å². The molecule has 1 aromatic rings. The highest BCUT2D eigenvalue weighted by atomic mass is 16.7. The molecule has 0 aliphatic carbocycles. The lowest BCUT2D eigenvalue weighted by Gasteiger charge is -2.27. The van der Waals surface area contributed by atoms with Gasteiger partial charge >= 0.3 is 0 Å². The van der Waals surface area contributed by atoms with Gasteiger partial charge in [0.1, 0.15) is 0 Å². The van der Waals surface area contributed by atoms with Crippen LogP contribution in [0, 0.1) is 29.6 Å². The van der Waals surface area contributed by atoms with Crippen molar-refractivity contribution in [2.45, 2.75) is 39.5 Å². The van der Waals surface area contributed by atoms with Crippen molar-refractivity contribution in [3.8, 4) is 12.1 Å². The molecule has 20 heavy (non-hydrogen) atoms. The molecule has 106 valence electrons. The number of rotatable bonds is 7. The third-order valence-electron chi connectivity index (χ3n) is 3.03. The van der Waals surface area contributed by atoms with E-state index in [0.29, 0.717) is 31.9 Å². The van der Waals surface area contributed by atoms with Crippen LogP contribution in [0.2, 0.25) is 0 Å². The smallest absolute Gasteiger partial charge is 0.0878 e. The summed E-state index contributed by atoms with van der Waals surface area (Å²) in [7, 11) is 0. The summed E-state index contributed by atoms with van der Waals surface area (Å²) in [5, 5.41) is 19.1. The molecule has 0 amide bonds. The van der Waals surface area contributed by atoms with Crippen molar-refractivity contribution in [3.05, 3.63) is 29.3 Å². The minimum Gasteiger partial charge on any atom is -0.272 e. The van der Waals surface area contributed by atoms with Gasteiger partial charge < -0.3 is 0 Å². The average Bonchev–Trinajstić information content (AvgIpc) is 2.42. The van der Waals surface area contributed by atoms with E-state index in [0.717, 1.165) is 5.69 Å². The number of aryl methyl sites for hydroxylation is 1. The van der Waals surface area contributed by atoms with Gasteiger partial charge in [-0.3, -0.25) is 9.90 Å². The fourth-order valence-corrected chi connectivity index (χ4v) is 2.24. The zero-order valence-electron chi connectivity index (χ0n) is 12.4. The van der Waals surface area contributed by atoms with Gasteiger partial charge in [0, 0.05) is 0 Å². The van der Waals surface area contributed by atoms with Crippen LogP contribution in [0.3, 0.4) is 0 Å². The number of hydroxylamine groups is 1. The van der Waals surface area contributed by atoms with Crippen LogP contribution in [0.4, 0.5) is 5.69 Å². The zero-order chi connectivity index (χ0) is 15.0. The van der Waals surface area contributed by atoms with Crippen molar-refractivity contribution in [2.24, 2.45) is 0 Å². The van der Waals surface area contributed by atoms with E-state index in [9.17, 15) is 0 Å². The summed E-state index contributed by atoms with van der Waals surface area (Å²) < 4.78 is 0. The highest BCUT2D eigenvalue weighted by molar-refractivity contribution is 5.56. The number of nitrogens with zero attached hydrogens (tertiary/aromatic N) is 3. The number of anilines is 1. The zero-order valence-corrected chi connectivity index (χ0v) is 12.4. The SMILES string of the molecule is Cc1cccc(N(CCC#N)OCCC#N)c1C(C)C. The molecule has 0 heterocycles. The fourth-order valence-electron chi connectivity index (χ4n) is 2.24. The van der Waals surface area contributed by atoms with E-state index in [1.54, 1.807) is 5.06 Å². The summed E-state index contributed by atoms with van der Waals surface area (Å²) >= 11 is 0. The van der Waals surface area contributed by atoms with E-state index in [1.807, 2.05) is 12.1 Å². The van der Waals surface area contributed by atoms with Crippen LogP contribution >= 0.6 is 0 Å². The molecular weight excluding hydrogens is 250 g/mol. The summed E-state index contributed by atoms with van der Waals surface area (Å²) in [6.07, 6.45) is 0.726. The van der Waals surface area contributed by atoms with E-state index >= 15 is 0 Å². The van der Waals surface area contributed by atoms with Crippen molar-refractivity contribution >= 4 is 5.69 Å². The molecule has 4 heteroatoms. The highest BCUT2D eigenvalue weighted by Crippen LogP contribution is 2.30. The molecule has 0 radical (unpaired) electrons. The standard InChI is InChI=1S/C16H21N3O/c1-13(2)16-14(3)7-4-8-15(16)19(11-5-9-17)20-12-6-10-18/h4,7-8,13H,5-6,11-12H2,1-3H3. The molecular formula is C16H21N3O. The normalized spacial score (nSPS) is 10.1. The van der Waals surface area contributed by atoms with E-state index in [1.165, 1.54) is 11.1 Å². The molecule has 0 saturated heterocycles. The van der Waals surface area contributed by atoms with Gasteiger partial charge in [-0.1, -0.05) is 26.0 Å². The number of nitriles is 2. The Hall–Kier alpha value is -2.04. The molecule has 0 saturated carbocycles. The molecule has 0 aliphatic rings. The van der Waals surface area contributed by atoms with Crippen LogP contribution in [0.25, 0.3) is 0 Å². The van der Waals surface area contributed by atoms with Gasteiger partial charge in [0.15, 0.2) is 0 Å². The molecule has 4 nitrogen and oxygen atoms in total. The van der Waals surface area contributed by atoms with E-state index in [2.05, 4.69) is 39.0 Å². The van der Waals surface area contributed by atoms with Gasteiger partial charge in [-0.05, 0) is 30.0 Å². The highest BCUT2D eigenvalue weighted by Gasteiger charge is 2.16. The first-order chi connectivity index (χ1) is 9.61. The fraction of sp³-hybridized carbons (Fsp3) is 0.500. The van der Waals surface area contributed by atoms with Gasteiger partial charge in [0.25, 0.3) is 0 Å². The van der Waals surface area contributed by atoms with Crippen molar-refractivity contribution in [1.82, 2.24) is 0 Å². The predicted molar refractivity (Wildman–Crippen MR) is 79.0 cm³/mol. The minimum absolute atomic E-state index is 0.339. The predicted octanol–water partition coefficient (Wildman–Crippen LogP) is 3.68. The van der Waals surface area contributed by atoms with Crippen molar-refractivity contribution in [1.29, 1.82) is 10.5 Å². The quantitative estimate of drug-likeness (QED) is 0.560. The average molecular weight is 271 g/mol. The third-order valence-corrected chi connectivity index (χ3v) is 3.03. The third kappa shape index (κ3) is 4.26. The first kappa shape index (κ1) is 16.0. The number of hydrogen-bond donors (Lipinski definition) is 0. The Balaban J connectivity index is 3.03. The lowest BCUT2D eigenvalue weighted by atomic mass is 9.96. The first-order valence-corrected chi connectivity index (χ1v) is 6.85. The van der Waals surface area contributed by atoms with Crippen LogP contribution in [0.15, 0.2) is 18.2 Å². The van der Waals surface area contributed by atoms with Gasteiger partial charge in [0.05, 0.1) is 43.8 Å². The molecule has 0 spiro atoms. The molecule has 0 fully saturated rings. The first-order valence-electron chi connectivity index (χ1n) is 6.85. The lowest BCUT2D eigenvalue weighted by Crippen LogP contribution is -2.26. The van der Waals surface area contributed by atoms with Crippen molar-refractivity contribution in [3.63, 3.8) is 0 Å². The van der Waals surface area contributed by atoms with E-state index < -0.39 is 0 Å². The van der Waals surface area contributed by atoms with Gasteiger partial charge in [-0.15, -0.1) is 0 Å². The molecule has 0 N–H and O–H groups in total. The summed E-state index contributed by atoms with van der Waals surface area (Å²) in [4.78, 5) is 5.68. The van der Waals surface area contributed by atoms with E-state index in [-0.39, 0.29) is 0 Å². The summed E-state index contributed by atoms with van der Waals surface area (Å²) in [5.74, 6) is 0.371. The van der Waals surface area contributed by atoms with E-state index in [4.69, 9.17) is 15.4 Å². The Bertz CT molecular complexity index is 511. The largest absolute Gasteiger partial charge is 0.272 e. The van der Waals surface area contributed by atoms with Crippen LogP contribution in [0.5, 0.6) is 0 Å². The van der Waals surface area contributed by atoms with Crippen molar-refractivity contribution in [2.75, 3.05) is 18.2 Å². The Kier molecular flexibility index (Phi) is 6.56. The molecule has 0 atom stereocenters. The molecule has 0 aromatic heterocycles. The Labute approximate surface area is 121 Å². The second-order valence-corrected chi connectivity index (χ2v) is 4.91. The lowest BCUT2D eigenvalue weighted by molar-refractivity contribution is 0.113. The van der Waals surface area contributed by atoms with Gasteiger partial charge in [-0.2, -0.15) is 10.5 Å². The monoisotopic (exact) mass is 271 g/mol. The maximum atomic E-state index is 8.78. The van der Waals surface area contributed by atoms with Crippen LogP contribution in [0.1, 0.15) is 43.7 Å². The molecule has 1 rings (SSSR count). The Morgan fingerprint density at radius 3 is 2.50 bits per heavy atom. The molecule has 0 aliphatic heterocycles. The Morgan fingerprint density at radius 1 is 1.20 bits per heavy atom. The molecule has 0 bridgehead atoms. The van der Waals surface area contributed by atoms with Crippen LogP contribution in [-0.4, -0.2) is 13.2 Å². The van der Waals surface area contributed by atoms with Gasteiger partial charge in [0.2, 0.25) is 0 Å². The van der Waals surface area contributed by atoms with Crippen LogP contribution in [-0.2, 0) is 4.84 Å². The maximum Gasteiger partial charge on any atom is 0.0878 e. The number of hydrogen-bond acceptors (Lipinski definition) is 4. The molecule has 0 unspecified atom stereocenters. The van der Waals surface area contributed by atoms with Gasteiger partial charge in [-0.25, -0.2) is 0 Å². The second kappa shape index (κ2) is 8.19. The van der Waals surface area contributed by atoms with Crippen molar-refractivity contribution < 1.29 is 4.84 Å².